The van der Waals surface area contributed by atoms with Gasteiger partial charge in [-0.25, -0.2) is 9.97 Å². The van der Waals surface area contributed by atoms with Gasteiger partial charge in [-0.3, -0.25) is 4.79 Å². The molecular formula is C15H21N5O. The average Bonchev–Trinajstić information content (AvgIpc) is 2.86. The Bertz CT molecular complexity index is 595. The monoisotopic (exact) mass is 287 g/mol. The van der Waals surface area contributed by atoms with Crippen LogP contribution in [0.25, 0.3) is 11.2 Å². The lowest BCUT2D eigenvalue weighted by molar-refractivity contribution is -0.132. The fourth-order valence-electron chi connectivity index (χ4n) is 2.93. The Hall–Kier alpha value is -1.95. The number of nitrogens with one attached hydrogen (secondary N) is 2. The molecule has 2 N–H and O–H groups in total. The summed E-state index contributed by atoms with van der Waals surface area (Å²) in [6, 6.07) is 4.53. The fraction of sp³-hybridized carbons (Fsp3) is 0.533. The molecule has 2 unspecified atom stereocenters. The minimum Gasteiger partial charge on any atom is -0.341 e. The Morgan fingerprint density at radius 2 is 2.14 bits per heavy atom. The van der Waals surface area contributed by atoms with Crippen molar-refractivity contribution in [2.75, 3.05) is 13.1 Å². The molecule has 2 aromatic heterocycles. The Labute approximate surface area is 124 Å². The van der Waals surface area contributed by atoms with Crippen LogP contribution < -0.4 is 5.32 Å². The highest BCUT2D eigenvalue weighted by atomic mass is 16.2. The van der Waals surface area contributed by atoms with Crippen molar-refractivity contribution >= 4 is 17.1 Å². The van der Waals surface area contributed by atoms with E-state index in [1.165, 1.54) is 0 Å². The van der Waals surface area contributed by atoms with Crippen LogP contribution in [0.3, 0.4) is 0 Å². The summed E-state index contributed by atoms with van der Waals surface area (Å²) in [6.07, 6.45) is 2.84. The van der Waals surface area contributed by atoms with Crippen molar-refractivity contribution in [3.63, 3.8) is 0 Å². The number of hydrogen-bond acceptors (Lipinski definition) is 4. The number of pyridine rings is 1. The lowest BCUT2D eigenvalue weighted by atomic mass is 10.1. The topological polar surface area (TPSA) is 73.9 Å². The van der Waals surface area contributed by atoms with Crippen LogP contribution in [-0.4, -0.2) is 50.9 Å². The van der Waals surface area contributed by atoms with Crippen LogP contribution in [0.1, 0.15) is 26.1 Å². The van der Waals surface area contributed by atoms with E-state index in [1.807, 2.05) is 17.0 Å². The van der Waals surface area contributed by atoms with Gasteiger partial charge >= 0.3 is 0 Å². The summed E-state index contributed by atoms with van der Waals surface area (Å²) in [5, 5.41) is 3.43. The van der Waals surface area contributed by atoms with Crippen molar-refractivity contribution in [1.82, 2.24) is 25.2 Å². The molecule has 0 radical (unpaired) electrons. The number of carbonyl (C=O) groups excluding carboxylic acids is 1. The fourth-order valence-corrected chi connectivity index (χ4v) is 2.93. The Morgan fingerprint density at radius 3 is 2.86 bits per heavy atom. The van der Waals surface area contributed by atoms with Gasteiger partial charge < -0.3 is 15.2 Å². The van der Waals surface area contributed by atoms with E-state index < -0.39 is 0 Å². The predicted molar refractivity (Wildman–Crippen MR) is 80.8 cm³/mol. The van der Waals surface area contributed by atoms with Crippen LogP contribution in [0, 0.1) is 0 Å². The van der Waals surface area contributed by atoms with Gasteiger partial charge in [0.25, 0.3) is 0 Å². The molecule has 1 saturated heterocycles. The van der Waals surface area contributed by atoms with Crippen molar-refractivity contribution in [2.45, 2.75) is 38.8 Å². The van der Waals surface area contributed by atoms with Gasteiger partial charge in [-0.15, -0.1) is 0 Å². The third kappa shape index (κ3) is 3.21. The molecular weight excluding hydrogens is 266 g/mol. The second kappa shape index (κ2) is 5.81. The minimum absolute atomic E-state index is 0.198. The van der Waals surface area contributed by atoms with Crippen molar-refractivity contribution in [2.24, 2.45) is 0 Å². The van der Waals surface area contributed by atoms with Crippen molar-refractivity contribution < 1.29 is 4.79 Å². The van der Waals surface area contributed by atoms with Gasteiger partial charge in [0.1, 0.15) is 5.82 Å². The maximum atomic E-state index is 12.3. The molecule has 1 amide bonds. The highest BCUT2D eigenvalue weighted by molar-refractivity contribution is 5.77. The summed E-state index contributed by atoms with van der Waals surface area (Å²) in [7, 11) is 0. The SMILES string of the molecule is CC1CN(C(=O)CCc2nc3ncccc3[nH]2)CC(C)N1. The summed E-state index contributed by atoms with van der Waals surface area (Å²) < 4.78 is 0. The molecule has 2 atom stereocenters. The molecule has 2 aromatic rings. The lowest BCUT2D eigenvalue weighted by Crippen LogP contribution is -2.55. The number of H-pyrrole nitrogens is 1. The first-order chi connectivity index (χ1) is 10.1. The number of aromatic amines is 1. The summed E-state index contributed by atoms with van der Waals surface area (Å²) in [5.74, 6) is 1.02. The van der Waals surface area contributed by atoms with Crippen LogP contribution in [-0.2, 0) is 11.2 Å². The van der Waals surface area contributed by atoms with Gasteiger partial charge in [-0.2, -0.15) is 0 Å². The highest BCUT2D eigenvalue weighted by Crippen LogP contribution is 2.11. The zero-order valence-corrected chi connectivity index (χ0v) is 12.5. The van der Waals surface area contributed by atoms with Crippen LogP contribution in [0.4, 0.5) is 0 Å². The van der Waals surface area contributed by atoms with E-state index in [2.05, 4.69) is 34.1 Å². The third-order valence-corrected chi connectivity index (χ3v) is 3.79. The van der Waals surface area contributed by atoms with Crippen molar-refractivity contribution in [1.29, 1.82) is 0 Å². The Morgan fingerprint density at radius 1 is 1.38 bits per heavy atom. The molecule has 6 heteroatoms. The molecule has 1 aliphatic rings. The first kappa shape index (κ1) is 14.0. The summed E-state index contributed by atoms with van der Waals surface area (Å²) in [6.45, 7) is 5.79. The molecule has 1 aliphatic heterocycles. The standard InChI is InChI=1S/C15H21N5O/c1-10-8-20(9-11(2)17-10)14(21)6-5-13-18-12-4-3-7-16-15(12)19-13/h3-4,7,10-11,17H,5-6,8-9H2,1-2H3,(H,16,18,19). The number of aromatic nitrogens is 3. The molecule has 0 bridgehead atoms. The second-order valence-corrected chi connectivity index (χ2v) is 5.83. The molecule has 112 valence electrons. The smallest absolute Gasteiger partial charge is 0.223 e. The van der Waals surface area contributed by atoms with Gasteiger partial charge in [0.2, 0.25) is 5.91 Å². The van der Waals surface area contributed by atoms with E-state index in [1.54, 1.807) is 6.20 Å². The summed E-state index contributed by atoms with van der Waals surface area (Å²) in [4.78, 5) is 26.1. The van der Waals surface area contributed by atoms with Gasteiger partial charge in [0.05, 0.1) is 5.52 Å². The maximum Gasteiger partial charge on any atom is 0.223 e. The highest BCUT2D eigenvalue weighted by Gasteiger charge is 2.24. The van der Waals surface area contributed by atoms with Crippen LogP contribution in [0.5, 0.6) is 0 Å². The molecule has 1 fully saturated rings. The van der Waals surface area contributed by atoms with Gasteiger partial charge in [0.15, 0.2) is 5.65 Å². The molecule has 6 nitrogen and oxygen atoms in total. The largest absolute Gasteiger partial charge is 0.341 e. The normalized spacial score (nSPS) is 22.7. The van der Waals surface area contributed by atoms with E-state index in [0.717, 1.165) is 24.4 Å². The number of fused-ring (bicyclic) bond motifs is 1. The Balaban J connectivity index is 1.60. The van der Waals surface area contributed by atoms with Crippen LogP contribution in [0.15, 0.2) is 18.3 Å². The summed E-state index contributed by atoms with van der Waals surface area (Å²) >= 11 is 0. The first-order valence-corrected chi connectivity index (χ1v) is 7.45. The first-order valence-electron chi connectivity index (χ1n) is 7.45. The number of nitrogens with zero attached hydrogens (tertiary/aromatic N) is 3. The number of amides is 1. The molecule has 0 aliphatic carbocycles. The van der Waals surface area contributed by atoms with Gasteiger partial charge in [-0.05, 0) is 26.0 Å². The molecule has 3 heterocycles. The maximum absolute atomic E-state index is 12.3. The quantitative estimate of drug-likeness (QED) is 0.886. The van der Waals surface area contributed by atoms with Gasteiger partial charge in [0, 0.05) is 44.2 Å². The Kier molecular flexibility index (Phi) is 3.88. The lowest BCUT2D eigenvalue weighted by Gasteiger charge is -2.36. The molecule has 0 spiro atoms. The zero-order chi connectivity index (χ0) is 14.8. The van der Waals surface area contributed by atoms with Crippen molar-refractivity contribution in [3.05, 3.63) is 24.2 Å². The molecule has 21 heavy (non-hydrogen) atoms. The van der Waals surface area contributed by atoms with E-state index in [4.69, 9.17) is 0 Å². The van der Waals surface area contributed by atoms with E-state index in [9.17, 15) is 4.79 Å². The molecule has 3 rings (SSSR count). The number of hydrogen-bond donors (Lipinski definition) is 2. The van der Waals surface area contributed by atoms with Gasteiger partial charge in [-0.1, -0.05) is 0 Å². The third-order valence-electron chi connectivity index (χ3n) is 3.79. The van der Waals surface area contributed by atoms with E-state index in [-0.39, 0.29) is 5.91 Å². The van der Waals surface area contributed by atoms with E-state index >= 15 is 0 Å². The number of imidazole rings is 1. The number of carbonyl (C=O) groups is 1. The number of piperazine rings is 1. The molecule has 0 saturated carbocycles. The number of rotatable bonds is 3. The molecule has 0 aromatic carbocycles. The number of aryl methyl sites for hydroxylation is 1. The summed E-state index contributed by atoms with van der Waals surface area (Å²) in [5.41, 5.74) is 1.63. The zero-order valence-electron chi connectivity index (χ0n) is 12.5. The minimum atomic E-state index is 0.198. The van der Waals surface area contributed by atoms with Crippen LogP contribution >= 0.6 is 0 Å². The average molecular weight is 287 g/mol. The van der Waals surface area contributed by atoms with E-state index in [0.29, 0.717) is 30.6 Å². The van der Waals surface area contributed by atoms with Crippen LogP contribution in [0.2, 0.25) is 0 Å². The second-order valence-electron chi connectivity index (χ2n) is 5.83. The predicted octanol–water partition coefficient (Wildman–Crippen LogP) is 1.10. The van der Waals surface area contributed by atoms with Crippen molar-refractivity contribution in [3.8, 4) is 0 Å².